The lowest BCUT2D eigenvalue weighted by Gasteiger charge is -2.53. The predicted molar refractivity (Wildman–Crippen MR) is 123 cm³/mol. The van der Waals surface area contributed by atoms with Crippen molar-refractivity contribution in [2.24, 2.45) is 28.6 Å². The molecule has 5 nitrogen and oxygen atoms in total. The first-order valence-electron chi connectivity index (χ1n) is 11.8. The van der Waals surface area contributed by atoms with Crippen LogP contribution in [0.25, 0.3) is 0 Å². The molecule has 0 radical (unpaired) electrons. The molecule has 1 N–H and O–H groups in total. The minimum atomic E-state index is -4.42. The first kappa shape index (κ1) is 24.5. The van der Waals surface area contributed by atoms with Gasteiger partial charge in [-0.15, -0.1) is 0 Å². The van der Waals surface area contributed by atoms with Gasteiger partial charge in [0.15, 0.2) is 0 Å². The first-order valence-corrected chi connectivity index (χ1v) is 13.2. The number of allylic oxidation sites excluding steroid dienone is 2. The Morgan fingerprint density at radius 2 is 2.03 bits per heavy atom. The molecular weight excluding hydrogens is 412 g/mol. The van der Waals surface area contributed by atoms with Crippen molar-refractivity contribution < 1.29 is 21.6 Å². The van der Waals surface area contributed by atoms with Crippen LogP contribution in [0.1, 0.15) is 84.6 Å². The summed E-state index contributed by atoms with van der Waals surface area (Å²) in [4.78, 5) is 0. The maximum Gasteiger partial charge on any atom is 0.397 e. The lowest BCUT2D eigenvalue weighted by molar-refractivity contribution is 0.0728. The van der Waals surface area contributed by atoms with Gasteiger partial charge in [0.25, 0.3) is 0 Å². The van der Waals surface area contributed by atoms with E-state index in [1.54, 1.807) is 18.1 Å². The van der Waals surface area contributed by atoms with Crippen molar-refractivity contribution in [1.82, 2.24) is 0 Å². The van der Waals surface area contributed by atoms with Crippen molar-refractivity contribution in [2.75, 3.05) is 6.61 Å². The van der Waals surface area contributed by atoms with Gasteiger partial charge in [0.2, 0.25) is 0 Å². The Bertz CT molecular complexity index is 839. The van der Waals surface area contributed by atoms with Gasteiger partial charge in [-0.05, 0) is 98.0 Å². The number of hydrogen-bond acceptors (Lipinski definition) is 4. The summed E-state index contributed by atoms with van der Waals surface area (Å²) < 4.78 is 41.4. The zero-order valence-electron chi connectivity index (χ0n) is 19.6. The van der Waals surface area contributed by atoms with E-state index in [2.05, 4.69) is 33.8 Å². The summed E-state index contributed by atoms with van der Waals surface area (Å²) in [6.45, 7) is 9.67. The Labute approximate surface area is 188 Å². The zero-order valence-corrected chi connectivity index (χ0v) is 20.4. The molecule has 0 aromatic carbocycles. The Morgan fingerprint density at radius 3 is 2.71 bits per heavy atom. The van der Waals surface area contributed by atoms with E-state index >= 15 is 0 Å². The van der Waals surface area contributed by atoms with E-state index in [1.807, 2.05) is 6.07 Å². The van der Waals surface area contributed by atoms with Crippen LogP contribution in [0.4, 0.5) is 0 Å². The zero-order chi connectivity index (χ0) is 22.7. The van der Waals surface area contributed by atoms with Crippen LogP contribution in [0, 0.1) is 28.6 Å². The van der Waals surface area contributed by atoms with Crippen molar-refractivity contribution in [3.63, 3.8) is 0 Å². The van der Waals surface area contributed by atoms with Gasteiger partial charge >= 0.3 is 10.4 Å². The number of aryl methyl sites for hydroxylation is 1. The summed E-state index contributed by atoms with van der Waals surface area (Å²) in [6.07, 6.45) is 15.5. The Balaban J connectivity index is 1.67. The van der Waals surface area contributed by atoms with Crippen molar-refractivity contribution in [3.8, 4) is 0 Å². The fourth-order valence-electron chi connectivity index (χ4n) is 5.95. The molecule has 1 heterocycles. The highest BCUT2D eigenvalue weighted by Crippen LogP contribution is 2.58. The summed E-state index contributed by atoms with van der Waals surface area (Å²) in [7, 11) is -4.42. The monoisotopic (exact) mass is 452 g/mol. The second-order valence-corrected chi connectivity index (χ2v) is 11.9. The minimum absolute atomic E-state index is 0.0443. The van der Waals surface area contributed by atoms with Crippen molar-refractivity contribution in [1.29, 1.82) is 0 Å². The van der Waals surface area contributed by atoms with Crippen LogP contribution >= 0.6 is 0 Å². The van der Waals surface area contributed by atoms with Gasteiger partial charge in [0.05, 0.1) is 19.1 Å². The van der Waals surface area contributed by atoms with Crippen LogP contribution in [0.2, 0.25) is 0 Å². The SMILES string of the molecule is CC1CCC2C(=CCCC2(C)C)[C@]1(C)CCC(CCCc1ccoc1)COS(=O)(=O)O. The molecule has 176 valence electrons. The van der Waals surface area contributed by atoms with Crippen LogP contribution in [-0.4, -0.2) is 19.6 Å². The number of furan rings is 1. The second kappa shape index (κ2) is 9.80. The molecule has 0 spiro atoms. The van der Waals surface area contributed by atoms with Crippen molar-refractivity contribution >= 4 is 10.4 Å². The third kappa shape index (κ3) is 6.23. The molecule has 31 heavy (non-hydrogen) atoms. The molecule has 6 heteroatoms. The Hall–Kier alpha value is -1.11. The molecule has 3 unspecified atom stereocenters. The standard InChI is InChI=1S/C25H40O5S/c1-19-10-11-22-23(9-6-14-24(22,2)3)25(19,4)15-12-20(18-30-31(26,27)28)7-5-8-21-13-16-29-17-21/h9,13,16-17,19-20,22H,5-8,10-12,14-15,18H2,1-4H3,(H,26,27,28)/t19?,20?,22?,25-/m1/s1. The summed E-state index contributed by atoms with van der Waals surface area (Å²) >= 11 is 0. The number of fused-ring (bicyclic) bond motifs is 1. The van der Waals surface area contributed by atoms with Gasteiger partial charge < -0.3 is 4.42 Å². The van der Waals surface area contributed by atoms with Crippen molar-refractivity contribution in [2.45, 2.75) is 85.5 Å². The summed E-state index contributed by atoms with van der Waals surface area (Å²) in [5.41, 5.74) is 3.28. The summed E-state index contributed by atoms with van der Waals surface area (Å²) in [5, 5.41) is 0. The molecule has 0 aliphatic heterocycles. The molecule has 4 atom stereocenters. The molecular formula is C25H40O5S. The molecule has 0 saturated heterocycles. The third-order valence-corrected chi connectivity index (χ3v) is 8.72. The Morgan fingerprint density at radius 1 is 1.26 bits per heavy atom. The molecule has 1 aromatic heterocycles. The van der Waals surface area contributed by atoms with Gasteiger partial charge in [-0.25, -0.2) is 4.18 Å². The third-order valence-electron chi connectivity index (χ3n) is 8.29. The van der Waals surface area contributed by atoms with Gasteiger partial charge in [-0.3, -0.25) is 4.55 Å². The van der Waals surface area contributed by atoms with E-state index in [0.717, 1.165) is 44.1 Å². The first-order chi connectivity index (χ1) is 14.5. The van der Waals surface area contributed by atoms with Crippen LogP contribution in [0.5, 0.6) is 0 Å². The molecule has 0 amide bonds. The largest absolute Gasteiger partial charge is 0.472 e. The van der Waals surface area contributed by atoms with E-state index in [4.69, 9.17) is 13.2 Å². The molecule has 1 fully saturated rings. The van der Waals surface area contributed by atoms with Crippen LogP contribution in [0.3, 0.4) is 0 Å². The normalized spacial score (nSPS) is 29.3. The maximum atomic E-state index is 11.2. The van der Waals surface area contributed by atoms with Gasteiger partial charge in [0.1, 0.15) is 0 Å². The molecule has 2 aliphatic carbocycles. The van der Waals surface area contributed by atoms with Crippen molar-refractivity contribution in [3.05, 3.63) is 35.8 Å². The summed E-state index contributed by atoms with van der Waals surface area (Å²) in [5.74, 6) is 1.35. The highest BCUT2D eigenvalue weighted by atomic mass is 32.3. The molecule has 0 bridgehead atoms. The predicted octanol–water partition coefficient (Wildman–Crippen LogP) is 6.62. The van der Waals surface area contributed by atoms with E-state index < -0.39 is 10.4 Å². The molecule has 1 saturated carbocycles. The fourth-order valence-corrected chi connectivity index (χ4v) is 6.32. The summed E-state index contributed by atoms with van der Waals surface area (Å²) in [6, 6.07) is 1.96. The fraction of sp³-hybridized carbons (Fsp3) is 0.760. The lowest BCUT2D eigenvalue weighted by Crippen LogP contribution is -2.43. The molecule has 3 rings (SSSR count). The van der Waals surface area contributed by atoms with E-state index in [9.17, 15) is 8.42 Å². The number of rotatable bonds is 10. The van der Waals surface area contributed by atoms with E-state index in [0.29, 0.717) is 17.3 Å². The lowest BCUT2D eigenvalue weighted by atomic mass is 9.52. The van der Waals surface area contributed by atoms with Crippen LogP contribution < -0.4 is 0 Å². The van der Waals surface area contributed by atoms with E-state index in [1.165, 1.54) is 19.3 Å². The highest BCUT2D eigenvalue weighted by molar-refractivity contribution is 7.80. The Kier molecular flexibility index (Phi) is 7.75. The maximum absolute atomic E-state index is 11.2. The molecule has 2 aliphatic rings. The average molecular weight is 453 g/mol. The number of hydrogen-bond donors (Lipinski definition) is 1. The smallest absolute Gasteiger partial charge is 0.397 e. The van der Waals surface area contributed by atoms with Gasteiger partial charge in [-0.2, -0.15) is 8.42 Å². The van der Waals surface area contributed by atoms with Gasteiger partial charge in [0, 0.05) is 0 Å². The topological polar surface area (TPSA) is 76.7 Å². The van der Waals surface area contributed by atoms with E-state index in [-0.39, 0.29) is 17.9 Å². The minimum Gasteiger partial charge on any atom is -0.472 e. The second-order valence-electron chi connectivity index (χ2n) is 10.8. The highest BCUT2D eigenvalue weighted by Gasteiger charge is 2.47. The quantitative estimate of drug-likeness (QED) is 0.319. The molecule has 1 aromatic rings. The van der Waals surface area contributed by atoms with Gasteiger partial charge in [-0.1, -0.05) is 39.3 Å². The van der Waals surface area contributed by atoms with Crippen LogP contribution in [0.15, 0.2) is 34.7 Å². The van der Waals surface area contributed by atoms with Crippen LogP contribution in [-0.2, 0) is 21.0 Å². The average Bonchev–Trinajstić information content (AvgIpc) is 3.19.